The number of rotatable bonds is 4. The summed E-state index contributed by atoms with van der Waals surface area (Å²) in [6, 6.07) is -0.378. The quantitative estimate of drug-likeness (QED) is 0.902. The average molecular weight is 356 g/mol. The summed E-state index contributed by atoms with van der Waals surface area (Å²) in [6.45, 7) is 2.12. The number of aryl methyl sites for hydroxylation is 1. The summed E-state index contributed by atoms with van der Waals surface area (Å²) in [5.41, 5.74) is 0. The molecule has 0 radical (unpaired) electrons. The van der Waals surface area contributed by atoms with Crippen LogP contribution in [0.4, 0.5) is 13.6 Å². The van der Waals surface area contributed by atoms with Crippen molar-refractivity contribution < 1.29 is 18.3 Å². The molecule has 0 aromatic carbocycles. The molecule has 1 unspecified atom stereocenters. The zero-order valence-corrected chi connectivity index (χ0v) is 14.5. The Kier molecular flexibility index (Phi) is 5.88. The summed E-state index contributed by atoms with van der Waals surface area (Å²) in [6.07, 6.45) is 3.73. The molecule has 1 atom stereocenters. The molecule has 2 aliphatic heterocycles. The maximum atomic E-state index is 12.8. The number of likely N-dealkylation sites (tertiary alicyclic amines) is 1. The molecule has 0 bridgehead atoms. The highest BCUT2D eigenvalue weighted by molar-refractivity contribution is 5.74. The van der Waals surface area contributed by atoms with E-state index in [1.54, 1.807) is 11.1 Å². The molecule has 1 aromatic heterocycles. The van der Waals surface area contributed by atoms with Crippen molar-refractivity contribution in [2.75, 3.05) is 26.3 Å². The molecule has 1 aromatic rings. The summed E-state index contributed by atoms with van der Waals surface area (Å²) < 4.78 is 32.9. The zero-order chi connectivity index (χ0) is 17.8. The SMILES string of the molecule is Cn1ccnc1C(NC(=O)N1CCC(C(F)F)CC1)C1CCOCC1. The Labute approximate surface area is 146 Å². The van der Waals surface area contributed by atoms with Crippen molar-refractivity contribution in [3.8, 4) is 0 Å². The lowest BCUT2D eigenvalue weighted by Gasteiger charge is -2.35. The lowest BCUT2D eigenvalue weighted by Crippen LogP contribution is -2.48. The largest absolute Gasteiger partial charge is 0.381 e. The number of alkyl halides is 2. The molecule has 140 valence electrons. The van der Waals surface area contributed by atoms with Gasteiger partial charge in [-0.15, -0.1) is 0 Å². The number of nitrogens with one attached hydrogen (secondary N) is 1. The van der Waals surface area contributed by atoms with Gasteiger partial charge in [-0.25, -0.2) is 18.6 Å². The van der Waals surface area contributed by atoms with Crippen LogP contribution in [0, 0.1) is 11.8 Å². The van der Waals surface area contributed by atoms with Crippen LogP contribution in [0.5, 0.6) is 0 Å². The second-order valence-electron chi connectivity index (χ2n) is 6.93. The highest BCUT2D eigenvalue weighted by Crippen LogP contribution is 2.30. The summed E-state index contributed by atoms with van der Waals surface area (Å²) in [5, 5.41) is 3.10. The number of aromatic nitrogens is 2. The van der Waals surface area contributed by atoms with Gasteiger partial charge in [0.05, 0.1) is 6.04 Å². The molecule has 0 saturated carbocycles. The van der Waals surface area contributed by atoms with E-state index in [4.69, 9.17) is 4.74 Å². The van der Waals surface area contributed by atoms with E-state index >= 15 is 0 Å². The highest BCUT2D eigenvalue weighted by atomic mass is 19.3. The maximum absolute atomic E-state index is 12.8. The van der Waals surface area contributed by atoms with E-state index < -0.39 is 12.3 Å². The molecular weight excluding hydrogens is 330 g/mol. The zero-order valence-electron chi connectivity index (χ0n) is 14.5. The third kappa shape index (κ3) is 4.29. The summed E-state index contributed by atoms with van der Waals surface area (Å²) >= 11 is 0. The monoisotopic (exact) mass is 356 g/mol. The Morgan fingerprint density at radius 2 is 1.92 bits per heavy atom. The van der Waals surface area contributed by atoms with E-state index in [1.165, 1.54) is 0 Å². The number of halogens is 2. The van der Waals surface area contributed by atoms with E-state index in [1.807, 2.05) is 17.8 Å². The van der Waals surface area contributed by atoms with Gasteiger partial charge in [0.2, 0.25) is 6.43 Å². The Balaban J connectivity index is 1.66. The van der Waals surface area contributed by atoms with Crippen LogP contribution in [-0.2, 0) is 11.8 Å². The van der Waals surface area contributed by atoms with E-state index in [2.05, 4.69) is 10.3 Å². The molecule has 0 aliphatic carbocycles. The maximum Gasteiger partial charge on any atom is 0.317 e. The Bertz CT molecular complexity index is 567. The minimum atomic E-state index is -2.30. The number of ether oxygens (including phenoxy) is 1. The van der Waals surface area contributed by atoms with Gasteiger partial charge in [0.1, 0.15) is 5.82 Å². The Morgan fingerprint density at radius 3 is 2.48 bits per heavy atom. The summed E-state index contributed by atoms with van der Waals surface area (Å²) in [5.74, 6) is 0.491. The fourth-order valence-electron chi connectivity index (χ4n) is 3.70. The number of amides is 2. The van der Waals surface area contributed by atoms with Crippen molar-refractivity contribution >= 4 is 6.03 Å². The fourth-order valence-corrected chi connectivity index (χ4v) is 3.70. The average Bonchev–Trinajstić information content (AvgIpc) is 3.06. The first-order chi connectivity index (χ1) is 12.1. The van der Waals surface area contributed by atoms with Crippen LogP contribution in [0.2, 0.25) is 0 Å². The molecule has 2 amide bonds. The molecule has 8 heteroatoms. The second-order valence-corrected chi connectivity index (χ2v) is 6.93. The number of carbonyl (C=O) groups is 1. The van der Waals surface area contributed by atoms with Gasteiger partial charge in [-0.2, -0.15) is 0 Å². The molecule has 2 aliphatic rings. The number of imidazole rings is 1. The van der Waals surface area contributed by atoms with Crippen LogP contribution in [-0.4, -0.2) is 53.2 Å². The van der Waals surface area contributed by atoms with Crippen molar-refractivity contribution in [1.29, 1.82) is 0 Å². The van der Waals surface area contributed by atoms with Crippen LogP contribution in [0.15, 0.2) is 12.4 Å². The molecule has 2 fully saturated rings. The van der Waals surface area contributed by atoms with Gasteiger partial charge in [0, 0.05) is 51.7 Å². The van der Waals surface area contributed by atoms with Gasteiger partial charge < -0.3 is 19.5 Å². The Morgan fingerprint density at radius 1 is 1.24 bits per heavy atom. The minimum absolute atomic E-state index is 0.188. The smallest absolute Gasteiger partial charge is 0.317 e. The van der Waals surface area contributed by atoms with Gasteiger partial charge in [-0.1, -0.05) is 0 Å². The van der Waals surface area contributed by atoms with Crippen molar-refractivity contribution in [1.82, 2.24) is 19.8 Å². The van der Waals surface area contributed by atoms with Gasteiger partial charge in [0.25, 0.3) is 0 Å². The molecule has 0 spiro atoms. The molecule has 2 saturated heterocycles. The van der Waals surface area contributed by atoms with Crippen LogP contribution in [0.3, 0.4) is 0 Å². The molecule has 25 heavy (non-hydrogen) atoms. The molecule has 3 rings (SSSR count). The van der Waals surface area contributed by atoms with Gasteiger partial charge in [-0.05, 0) is 31.6 Å². The van der Waals surface area contributed by atoms with E-state index in [0.717, 1.165) is 18.7 Å². The van der Waals surface area contributed by atoms with E-state index in [0.29, 0.717) is 39.1 Å². The normalized spacial score (nSPS) is 21.5. The first kappa shape index (κ1) is 18.1. The van der Waals surface area contributed by atoms with Crippen molar-refractivity contribution in [3.05, 3.63) is 18.2 Å². The molecule has 1 N–H and O–H groups in total. The van der Waals surface area contributed by atoms with Crippen LogP contribution in [0.1, 0.15) is 37.5 Å². The predicted octanol–water partition coefficient (Wildman–Crippen LogP) is 2.57. The number of hydrogen-bond acceptors (Lipinski definition) is 3. The van der Waals surface area contributed by atoms with Crippen LogP contribution in [0.25, 0.3) is 0 Å². The number of urea groups is 1. The number of hydrogen-bond donors (Lipinski definition) is 1. The lowest BCUT2D eigenvalue weighted by molar-refractivity contribution is 0.0388. The lowest BCUT2D eigenvalue weighted by atomic mass is 9.91. The van der Waals surface area contributed by atoms with Crippen LogP contribution < -0.4 is 5.32 Å². The van der Waals surface area contributed by atoms with Crippen molar-refractivity contribution in [3.63, 3.8) is 0 Å². The highest BCUT2D eigenvalue weighted by Gasteiger charge is 2.33. The van der Waals surface area contributed by atoms with Crippen LogP contribution >= 0.6 is 0 Å². The topological polar surface area (TPSA) is 59.4 Å². The summed E-state index contributed by atoms with van der Waals surface area (Å²) in [7, 11) is 1.91. The fraction of sp³-hybridized carbons (Fsp3) is 0.765. The molecule has 6 nitrogen and oxygen atoms in total. The van der Waals surface area contributed by atoms with Gasteiger partial charge >= 0.3 is 6.03 Å². The molecule has 3 heterocycles. The first-order valence-corrected chi connectivity index (χ1v) is 8.95. The third-order valence-electron chi connectivity index (χ3n) is 5.34. The van der Waals surface area contributed by atoms with Crippen molar-refractivity contribution in [2.24, 2.45) is 18.9 Å². The molecular formula is C17H26F2N4O2. The second kappa shape index (κ2) is 8.12. The van der Waals surface area contributed by atoms with Crippen molar-refractivity contribution in [2.45, 2.75) is 38.2 Å². The first-order valence-electron chi connectivity index (χ1n) is 8.95. The van der Waals surface area contributed by atoms with E-state index in [9.17, 15) is 13.6 Å². The van der Waals surface area contributed by atoms with Gasteiger partial charge in [0.15, 0.2) is 0 Å². The summed E-state index contributed by atoms with van der Waals surface area (Å²) in [4.78, 5) is 18.8. The number of carbonyl (C=O) groups excluding carboxylic acids is 1. The predicted molar refractivity (Wildman–Crippen MR) is 88.3 cm³/mol. The van der Waals surface area contributed by atoms with Gasteiger partial charge in [-0.3, -0.25) is 0 Å². The number of piperidine rings is 1. The third-order valence-corrected chi connectivity index (χ3v) is 5.34. The number of nitrogens with zero attached hydrogens (tertiary/aromatic N) is 3. The van der Waals surface area contributed by atoms with E-state index in [-0.39, 0.29) is 18.0 Å². The minimum Gasteiger partial charge on any atom is -0.381 e. The Hall–Kier alpha value is -1.70. The standard InChI is InChI=1S/C17H26F2N4O2/c1-22-9-6-20-16(22)14(12-4-10-25-11-5-12)21-17(24)23-7-2-13(3-8-23)15(18)19/h6,9,12-15H,2-5,7-8,10-11H2,1H3,(H,21,24).